The van der Waals surface area contributed by atoms with Gasteiger partial charge in [0.15, 0.2) is 0 Å². The smallest absolute Gasteiger partial charge is 0.215 e. The van der Waals surface area contributed by atoms with Crippen LogP contribution in [0, 0.1) is 16.7 Å². The average molecular weight is 248 g/mol. The van der Waals surface area contributed by atoms with Crippen LogP contribution in [-0.4, -0.2) is 26.8 Å². The molecule has 4 nitrogen and oxygen atoms in total. The number of sulfonamides is 1. The fraction of sp³-hybridized carbons (Fsp3) is 1.00. The third kappa shape index (κ3) is 2.13. The van der Waals surface area contributed by atoms with Crippen molar-refractivity contribution < 1.29 is 8.42 Å². The van der Waals surface area contributed by atoms with Crippen LogP contribution in [0.2, 0.25) is 0 Å². The van der Waals surface area contributed by atoms with E-state index in [0.29, 0.717) is 12.5 Å². The lowest BCUT2D eigenvalue weighted by atomic mass is 10.0. The molecule has 3 N–H and O–H groups in total. The lowest BCUT2D eigenvalue weighted by molar-refractivity contribution is 0.457. The molecule has 0 bridgehead atoms. The van der Waals surface area contributed by atoms with Gasteiger partial charge in [0.1, 0.15) is 0 Å². The van der Waals surface area contributed by atoms with Crippen LogP contribution in [0.25, 0.3) is 0 Å². The number of hydrogen-bond donors (Lipinski definition) is 2. The Kier molecular flexibility index (Phi) is 3.45. The van der Waals surface area contributed by atoms with Gasteiger partial charge in [0.2, 0.25) is 10.0 Å². The van der Waals surface area contributed by atoms with Gasteiger partial charge in [0.05, 0.1) is 5.25 Å². The summed E-state index contributed by atoms with van der Waals surface area (Å²) in [4.78, 5) is 0. The van der Waals surface area contributed by atoms with Gasteiger partial charge < -0.3 is 5.73 Å². The number of nitrogens with one attached hydrogen (secondary N) is 1. The summed E-state index contributed by atoms with van der Waals surface area (Å²) in [5.74, 6) is 0.403. The summed E-state index contributed by atoms with van der Waals surface area (Å²) in [6.07, 6.45) is 0. The minimum Gasteiger partial charge on any atom is -0.329 e. The minimum absolute atomic E-state index is 0.160. The van der Waals surface area contributed by atoms with Gasteiger partial charge >= 0.3 is 0 Å². The molecular formula is C11H24N2O2S. The molecular weight excluding hydrogens is 224 g/mol. The molecule has 0 heterocycles. The fourth-order valence-corrected chi connectivity index (χ4v) is 3.25. The monoisotopic (exact) mass is 248 g/mol. The third-order valence-corrected chi connectivity index (χ3v) is 6.49. The Bertz CT molecular complexity index is 346. The zero-order valence-electron chi connectivity index (χ0n) is 10.9. The highest BCUT2D eigenvalue weighted by molar-refractivity contribution is 7.90. The SMILES string of the molecule is CC(CN)S(=O)(=O)NCC1C(C)(C)C1(C)C. The van der Waals surface area contributed by atoms with Crippen molar-refractivity contribution in [2.45, 2.75) is 39.9 Å². The zero-order valence-corrected chi connectivity index (χ0v) is 11.7. The Hall–Kier alpha value is -0.130. The van der Waals surface area contributed by atoms with E-state index in [9.17, 15) is 8.42 Å². The quantitative estimate of drug-likeness (QED) is 0.760. The van der Waals surface area contributed by atoms with Crippen molar-refractivity contribution in [3.63, 3.8) is 0 Å². The number of rotatable bonds is 5. The molecule has 1 aliphatic carbocycles. The van der Waals surface area contributed by atoms with Crippen LogP contribution < -0.4 is 10.5 Å². The van der Waals surface area contributed by atoms with Crippen molar-refractivity contribution in [1.82, 2.24) is 4.72 Å². The summed E-state index contributed by atoms with van der Waals surface area (Å²) < 4.78 is 26.1. The van der Waals surface area contributed by atoms with E-state index in [1.54, 1.807) is 6.92 Å². The highest BCUT2D eigenvalue weighted by Gasteiger charge is 2.64. The summed E-state index contributed by atoms with van der Waals surface area (Å²) in [5.41, 5.74) is 5.79. The van der Waals surface area contributed by atoms with E-state index >= 15 is 0 Å². The maximum absolute atomic E-state index is 11.7. The topological polar surface area (TPSA) is 72.2 Å². The minimum atomic E-state index is -3.24. The largest absolute Gasteiger partial charge is 0.329 e. The van der Waals surface area contributed by atoms with E-state index < -0.39 is 15.3 Å². The van der Waals surface area contributed by atoms with Gasteiger partial charge in [-0.2, -0.15) is 0 Å². The van der Waals surface area contributed by atoms with E-state index in [4.69, 9.17) is 5.73 Å². The number of nitrogens with two attached hydrogens (primary N) is 1. The maximum atomic E-state index is 11.7. The number of hydrogen-bond acceptors (Lipinski definition) is 3. The Morgan fingerprint density at radius 2 is 1.69 bits per heavy atom. The second-order valence-corrected chi connectivity index (χ2v) is 8.12. The molecule has 0 saturated heterocycles. The molecule has 1 atom stereocenters. The van der Waals surface area contributed by atoms with Gasteiger partial charge in [-0.05, 0) is 23.7 Å². The molecule has 1 unspecified atom stereocenters. The van der Waals surface area contributed by atoms with Gasteiger partial charge in [-0.15, -0.1) is 0 Å². The lowest BCUT2D eigenvalue weighted by Gasteiger charge is -2.12. The molecule has 0 spiro atoms. The van der Waals surface area contributed by atoms with Gasteiger partial charge in [-0.3, -0.25) is 0 Å². The third-order valence-electron chi connectivity index (χ3n) is 4.67. The Morgan fingerprint density at radius 1 is 1.25 bits per heavy atom. The molecule has 0 aromatic heterocycles. The summed E-state index contributed by atoms with van der Waals surface area (Å²) in [6, 6.07) is 0. The average Bonchev–Trinajstić information content (AvgIpc) is 2.53. The first kappa shape index (κ1) is 13.9. The summed E-state index contributed by atoms with van der Waals surface area (Å²) >= 11 is 0. The van der Waals surface area contributed by atoms with Gasteiger partial charge in [-0.1, -0.05) is 27.7 Å². The Labute approximate surface area is 99.0 Å². The van der Waals surface area contributed by atoms with Gasteiger partial charge in [0, 0.05) is 13.1 Å². The first-order valence-corrected chi connectivity index (χ1v) is 7.30. The van der Waals surface area contributed by atoms with E-state index in [2.05, 4.69) is 32.4 Å². The first-order valence-electron chi connectivity index (χ1n) is 5.76. The van der Waals surface area contributed by atoms with Crippen molar-refractivity contribution in [1.29, 1.82) is 0 Å². The molecule has 0 radical (unpaired) electrons. The van der Waals surface area contributed by atoms with Crippen LogP contribution in [0.5, 0.6) is 0 Å². The molecule has 0 amide bonds. The first-order chi connectivity index (χ1) is 7.07. The van der Waals surface area contributed by atoms with Crippen molar-refractivity contribution in [2.75, 3.05) is 13.1 Å². The van der Waals surface area contributed by atoms with E-state index in [1.165, 1.54) is 0 Å². The zero-order chi connectivity index (χ0) is 12.8. The predicted octanol–water partition coefficient (Wildman–Crippen LogP) is 0.935. The Morgan fingerprint density at radius 3 is 2.00 bits per heavy atom. The second-order valence-electron chi connectivity index (χ2n) is 5.94. The molecule has 16 heavy (non-hydrogen) atoms. The normalized spacial score (nSPS) is 25.4. The van der Waals surface area contributed by atoms with Crippen LogP contribution in [-0.2, 0) is 10.0 Å². The summed E-state index contributed by atoms with van der Waals surface area (Å²) in [6.45, 7) is 11.0. The van der Waals surface area contributed by atoms with E-state index in [0.717, 1.165) is 0 Å². The Balaban J connectivity index is 2.56. The fourth-order valence-electron chi connectivity index (χ4n) is 2.31. The predicted molar refractivity (Wildman–Crippen MR) is 66.5 cm³/mol. The molecule has 1 rings (SSSR count). The standard InChI is InChI=1S/C11H24N2O2S/c1-8(6-12)16(14,15)13-7-9-10(2,3)11(9,4)5/h8-9,13H,6-7,12H2,1-5H3. The summed E-state index contributed by atoms with van der Waals surface area (Å²) in [5, 5.41) is -0.516. The molecule has 1 saturated carbocycles. The molecule has 96 valence electrons. The molecule has 5 heteroatoms. The van der Waals surface area contributed by atoms with Crippen molar-refractivity contribution in [2.24, 2.45) is 22.5 Å². The maximum Gasteiger partial charge on any atom is 0.215 e. The molecule has 1 aliphatic rings. The highest BCUT2D eigenvalue weighted by atomic mass is 32.2. The lowest BCUT2D eigenvalue weighted by Crippen LogP contribution is -2.38. The van der Waals surface area contributed by atoms with Crippen LogP contribution in [0.1, 0.15) is 34.6 Å². The molecule has 1 fully saturated rings. The van der Waals surface area contributed by atoms with Crippen LogP contribution in [0.15, 0.2) is 0 Å². The van der Waals surface area contributed by atoms with Crippen LogP contribution in [0.3, 0.4) is 0 Å². The molecule has 0 aromatic rings. The van der Waals surface area contributed by atoms with Crippen LogP contribution >= 0.6 is 0 Å². The summed E-state index contributed by atoms with van der Waals surface area (Å²) in [7, 11) is -3.24. The van der Waals surface area contributed by atoms with Crippen molar-refractivity contribution in [3.05, 3.63) is 0 Å². The van der Waals surface area contributed by atoms with Gasteiger partial charge in [0.25, 0.3) is 0 Å². The van der Waals surface area contributed by atoms with Crippen molar-refractivity contribution in [3.8, 4) is 0 Å². The highest BCUT2D eigenvalue weighted by Crippen LogP contribution is 2.67. The van der Waals surface area contributed by atoms with E-state index in [1.807, 2.05) is 0 Å². The van der Waals surface area contributed by atoms with Crippen LogP contribution in [0.4, 0.5) is 0 Å². The molecule has 0 aliphatic heterocycles. The molecule has 0 aromatic carbocycles. The van der Waals surface area contributed by atoms with Gasteiger partial charge in [-0.25, -0.2) is 13.1 Å². The van der Waals surface area contributed by atoms with Crippen molar-refractivity contribution >= 4 is 10.0 Å². The van der Waals surface area contributed by atoms with E-state index in [-0.39, 0.29) is 17.4 Å². The second kappa shape index (κ2) is 3.96.